The first-order chi connectivity index (χ1) is 8.60. The third kappa shape index (κ3) is 3.31. The summed E-state index contributed by atoms with van der Waals surface area (Å²) in [6, 6.07) is 7.33. The van der Waals surface area contributed by atoms with E-state index in [0.717, 1.165) is 18.4 Å². The maximum absolute atomic E-state index is 10.3. The van der Waals surface area contributed by atoms with Crippen LogP contribution in [0.5, 0.6) is 0 Å². The van der Waals surface area contributed by atoms with Gasteiger partial charge in [0.15, 0.2) is 0 Å². The van der Waals surface area contributed by atoms with Crippen LogP contribution in [0.3, 0.4) is 0 Å². The molecule has 18 heavy (non-hydrogen) atoms. The first-order valence-electron chi connectivity index (χ1n) is 6.26. The lowest BCUT2D eigenvalue weighted by molar-refractivity contribution is -0.0921. The van der Waals surface area contributed by atoms with Crippen LogP contribution in [0.2, 0.25) is 5.02 Å². The molecule has 98 valence electrons. The highest BCUT2D eigenvalue weighted by Gasteiger charge is 2.37. The summed E-state index contributed by atoms with van der Waals surface area (Å²) in [6.45, 7) is 0.247. The predicted octanol–water partition coefficient (Wildman–Crippen LogP) is 2.42. The highest BCUT2D eigenvalue weighted by Crippen LogP contribution is 2.28. The molecule has 1 fully saturated rings. The molecule has 0 spiro atoms. The fraction of sp³-hybridized carbons (Fsp3) is 0.500. The zero-order valence-electron chi connectivity index (χ0n) is 10.2. The van der Waals surface area contributed by atoms with Gasteiger partial charge in [-0.25, -0.2) is 0 Å². The van der Waals surface area contributed by atoms with Crippen molar-refractivity contribution in [3.05, 3.63) is 34.9 Å². The summed E-state index contributed by atoms with van der Waals surface area (Å²) in [6.07, 6.45) is 4.25. The Balaban J connectivity index is 1.96. The van der Waals surface area contributed by atoms with E-state index >= 15 is 0 Å². The van der Waals surface area contributed by atoms with Gasteiger partial charge in [-0.2, -0.15) is 0 Å². The molecule has 2 atom stereocenters. The van der Waals surface area contributed by atoms with Gasteiger partial charge in [-0.3, -0.25) is 4.99 Å². The van der Waals surface area contributed by atoms with Crippen LogP contribution in [0.1, 0.15) is 31.2 Å². The third-order valence-electron chi connectivity index (χ3n) is 3.43. The standard InChI is InChI=1S/C14H18ClNO2/c15-12-6-4-11(5-7-12)9-16-10-14(18)8-2-1-3-13(14)17/h4-7,9,13,17-18H,1-3,8,10H2/t13-,14+/m0/s1. The second-order valence-corrected chi connectivity index (χ2v) is 5.32. The molecule has 0 aromatic heterocycles. The van der Waals surface area contributed by atoms with Gasteiger partial charge in [-0.15, -0.1) is 0 Å². The number of rotatable bonds is 3. The predicted molar refractivity (Wildman–Crippen MR) is 73.3 cm³/mol. The molecule has 2 rings (SSSR count). The van der Waals surface area contributed by atoms with E-state index in [2.05, 4.69) is 4.99 Å². The van der Waals surface area contributed by atoms with Crippen LogP contribution in [0.4, 0.5) is 0 Å². The summed E-state index contributed by atoms with van der Waals surface area (Å²) in [5, 5.41) is 20.8. The highest BCUT2D eigenvalue weighted by atomic mass is 35.5. The molecular weight excluding hydrogens is 250 g/mol. The lowest BCUT2D eigenvalue weighted by atomic mass is 9.82. The Labute approximate surface area is 112 Å². The lowest BCUT2D eigenvalue weighted by Gasteiger charge is -2.35. The topological polar surface area (TPSA) is 52.8 Å². The molecule has 0 bridgehead atoms. The average Bonchev–Trinajstić information content (AvgIpc) is 2.36. The van der Waals surface area contributed by atoms with Crippen molar-refractivity contribution >= 4 is 17.8 Å². The van der Waals surface area contributed by atoms with Gasteiger partial charge in [0.1, 0.15) is 5.60 Å². The van der Waals surface area contributed by atoms with E-state index in [-0.39, 0.29) is 6.54 Å². The first kappa shape index (κ1) is 13.5. The zero-order valence-corrected chi connectivity index (χ0v) is 11.0. The number of aliphatic hydroxyl groups is 2. The molecule has 0 aliphatic heterocycles. The molecule has 0 radical (unpaired) electrons. The Morgan fingerprint density at radius 1 is 1.33 bits per heavy atom. The first-order valence-corrected chi connectivity index (χ1v) is 6.64. The van der Waals surface area contributed by atoms with Gasteiger partial charge in [0, 0.05) is 11.2 Å². The molecule has 1 aromatic carbocycles. The van der Waals surface area contributed by atoms with Crippen molar-refractivity contribution < 1.29 is 10.2 Å². The highest BCUT2D eigenvalue weighted by molar-refractivity contribution is 6.30. The van der Waals surface area contributed by atoms with Crippen LogP contribution in [-0.2, 0) is 0 Å². The SMILES string of the molecule is O[C@H]1CCCC[C@@]1(O)CN=Cc1ccc(Cl)cc1. The molecule has 1 aromatic rings. The number of aliphatic imine (C=N–C) groups is 1. The molecule has 0 unspecified atom stereocenters. The molecule has 0 heterocycles. The molecule has 4 heteroatoms. The molecule has 2 N–H and O–H groups in total. The Morgan fingerprint density at radius 3 is 2.72 bits per heavy atom. The van der Waals surface area contributed by atoms with Gasteiger partial charge in [0.25, 0.3) is 0 Å². The van der Waals surface area contributed by atoms with Crippen LogP contribution in [0.15, 0.2) is 29.3 Å². The van der Waals surface area contributed by atoms with Crippen molar-refractivity contribution in [2.24, 2.45) is 4.99 Å². The molecule has 1 saturated carbocycles. The maximum Gasteiger partial charge on any atom is 0.110 e. The van der Waals surface area contributed by atoms with E-state index in [1.807, 2.05) is 12.1 Å². The number of hydrogen-bond acceptors (Lipinski definition) is 3. The minimum atomic E-state index is -1.05. The maximum atomic E-state index is 10.3. The Morgan fingerprint density at radius 2 is 2.06 bits per heavy atom. The monoisotopic (exact) mass is 267 g/mol. The average molecular weight is 268 g/mol. The van der Waals surface area contributed by atoms with Crippen molar-refractivity contribution in [3.63, 3.8) is 0 Å². The van der Waals surface area contributed by atoms with Crippen LogP contribution in [0.25, 0.3) is 0 Å². The van der Waals surface area contributed by atoms with Gasteiger partial charge in [-0.05, 0) is 30.5 Å². The van der Waals surface area contributed by atoms with Gasteiger partial charge in [0.2, 0.25) is 0 Å². The quantitative estimate of drug-likeness (QED) is 0.827. The number of halogens is 1. The van der Waals surface area contributed by atoms with E-state index in [1.54, 1.807) is 18.3 Å². The molecule has 1 aliphatic rings. The molecule has 3 nitrogen and oxygen atoms in total. The largest absolute Gasteiger partial charge is 0.390 e. The van der Waals surface area contributed by atoms with Crippen molar-refractivity contribution in [1.29, 1.82) is 0 Å². The lowest BCUT2D eigenvalue weighted by Crippen LogP contribution is -2.47. The summed E-state index contributed by atoms with van der Waals surface area (Å²) in [5.74, 6) is 0. The normalized spacial score (nSPS) is 28.7. The second kappa shape index (κ2) is 5.83. The van der Waals surface area contributed by atoms with Crippen LogP contribution < -0.4 is 0 Å². The molecule has 0 saturated heterocycles. The minimum absolute atomic E-state index is 0.247. The van der Waals surface area contributed by atoms with Crippen molar-refractivity contribution in [2.75, 3.05) is 6.54 Å². The Hall–Kier alpha value is -0.900. The van der Waals surface area contributed by atoms with Gasteiger partial charge < -0.3 is 10.2 Å². The fourth-order valence-electron chi connectivity index (χ4n) is 2.25. The second-order valence-electron chi connectivity index (χ2n) is 4.89. The smallest absolute Gasteiger partial charge is 0.110 e. The number of nitrogens with zero attached hydrogens (tertiary/aromatic N) is 1. The van der Waals surface area contributed by atoms with Gasteiger partial charge in [0.05, 0.1) is 12.6 Å². The van der Waals surface area contributed by atoms with Crippen LogP contribution in [-0.4, -0.2) is 34.7 Å². The number of aliphatic hydroxyl groups excluding tert-OH is 1. The molecular formula is C14H18ClNO2. The summed E-state index contributed by atoms with van der Waals surface area (Å²) < 4.78 is 0. The van der Waals surface area contributed by atoms with E-state index in [1.165, 1.54) is 0 Å². The van der Waals surface area contributed by atoms with Crippen molar-refractivity contribution in [3.8, 4) is 0 Å². The summed E-state index contributed by atoms with van der Waals surface area (Å²) in [4.78, 5) is 4.24. The van der Waals surface area contributed by atoms with Gasteiger partial charge >= 0.3 is 0 Å². The number of benzene rings is 1. The third-order valence-corrected chi connectivity index (χ3v) is 3.68. The van der Waals surface area contributed by atoms with E-state index in [4.69, 9.17) is 11.6 Å². The molecule has 0 amide bonds. The summed E-state index contributed by atoms with van der Waals surface area (Å²) >= 11 is 5.79. The fourth-order valence-corrected chi connectivity index (χ4v) is 2.37. The zero-order chi connectivity index (χ0) is 13.0. The van der Waals surface area contributed by atoms with E-state index in [9.17, 15) is 10.2 Å². The minimum Gasteiger partial charge on any atom is -0.390 e. The van der Waals surface area contributed by atoms with Crippen LogP contribution >= 0.6 is 11.6 Å². The van der Waals surface area contributed by atoms with E-state index in [0.29, 0.717) is 17.9 Å². The number of hydrogen-bond donors (Lipinski definition) is 2. The summed E-state index contributed by atoms with van der Waals surface area (Å²) in [7, 11) is 0. The van der Waals surface area contributed by atoms with Crippen LogP contribution in [0, 0.1) is 0 Å². The Bertz CT molecular complexity index is 418. The van der Waals surface area contributed by atoms with Gasteiger partial charge in [-0.1, -0.05) is 36.6 Å². The Kier molecular flexibility index (Phi) is 4.38. The summed E-state index contributed by atoms with van der Waals surface area (Å²) in [5.41, 5.74) is -0.116. The van der Waals surface area contributed by atoms with Crippen molar-refractivity contribution in [2.45, 2.75) is 37.4 Å². The molecule has 1 aliphatic carbocycles. The van der Waals surface area contributed by atoms with Crippen molar-refractivity contribution in [1.82, 2.24) is 0 Å². The van der Waals surface area contributed by atoms with E-state index < -0.39 is 11.7 Å².